The lowest BCUT2D eigenvalue weighted by atomic mass is 9.74. The molecule has 11 rings (SSSR count). The van der Waals surface area contributed by atoms with Crippen molar-refractivity contribution >= 4 is 44.9 Å². The van der Waals surface area contributed by atoms with E-state index in [2.05, 4.69) is 183 Å². The maximum Gasteiger partial charge on any atom is 0.123 e. The normalized spacial score (nSPS) is 13.8. The van der Waals surface area contributed by atoms with Crippen LogP contribution < -0.4 is 9.80 Å². The van der Waals surface area contributed by atoms with E-state index in [1.165, 1.54) is 56.6 Å². The average molecular weight is 863 g/mol. The molecule has 0 aliphatic heterocycles. The monoisotopic (exact) mass is 862 g/mol. The van der Waals surface area contributed by atoms with Gasteiger partial charge in [0.15, 0.2) is 0 Å². The minimum atomic E-state index is -0.266. The third-order valence-electron chi connectivity index (χ3n) is 15.2. The van der Waals surface area contributed by atoms with Crippen LogP contribution in [0.4, 0.5) is 42.9 Å². The van der Waals surface area contributed by atoms with Crippen molar-refractivity contribution in [2.24, 2.45) is 0 Å². The summed E-state index contributed by atoms with van der Waals surface area (Å²) < 4.78 is 29.1. The standard InChI is InChI=1S/C62H52F2N2/c1-5-61(6-2)56-19-13-11-16-51(56)53-35-33-47(39-58(53)61)65(45-29-23-42(63)24-30-45)44-27-21-41(22-28-44)49-37-38-60(55-18-10-9-15-50(49)55)66(46-31-25-43(64)26-32-46)48-34-36-54-52-17-12-14-20-57(52)62(7-3,8-4)59(54)40-48/h9-40H,5-8H2,1-4H3. The van der Waals surface area contributed by atoms with Crippen molar-refractivity contribution in [2.45, 2.75) is 64.2 Å². The van der Waals surface area contributed by atoms with Gasteiger partial charge < -0.3 is 9.80 Å². The van der Waals surface area contributed by atoms with Crippen LogP contribution >= 0.6 is 0 Å². The highest BCUT2D eigenvalue weighted by molar-refractivity contribution is 6.06. The molecule has 0 heterocycles. The van der Waals surface area contributed by atoms with Crippen LogP contribution in [0.2, 0.25) is 0 Å². The number of halogens is 2. The third kappa shape index (κ3) is 6.33. The Bertz CT molecular complexity index is 3270. The summed E-state index contributed by atoms with van der Waals surface area (Å²) in [6.45, 7) is 9.19. The van der Waals surface area contributed by atoms with Crippen molar-refractivity contribution in [3.8, 4) is 33.4 Å². The molecule has 0 aromatic heterocycles. The molecule has 9 aromatic rings. The Morgan fingerprint density at radius 1 is 0.333 bits per heavy atom. The molecule has 0 amide bonds. The minimum absolute atomic E-state index is 0.0816. The van der Waals surface area contributed by atoms with Crippen LogP contribution in [0.5, 0.6) is 0 Å². The first-order valence-electron chi connectivity index (χ1n) is 23.5. The first kappa shape index (κ1) is 41.4. The van der Waals surface area contributed by atoms with Crippen molar-refractivity contribution in [1.82, 2.24) is 0 Å². The Morgan fingerprint density at radius 3 is 1.21 bits per heavy atom. The molecule has 9 aromatic carbocycles. The molecule has 324 valence electrons. The highest BCUT2D eigenvalue weighted by Gasteiger charge is 2.42. The molecule has 2 aliphatic rings. The molecule has 0 saturated heterocycles. The lowest BCUT2D eigenvalue weighted by molar-refractivity contribution is 0.490. The zero-order valence-electron chi connectivity index (χ0n) is 38.0. The van der Waals surface area contributed by atoms with Crippen molar-refractivity contribution in [1.29, 1.82) is 0 Å². The van der Waals surface area contributed by atoms with Crippen LogP contribution in [0.25, 0.3) is 44.2 Å². The highest BCUT2D eigenvalue weighted by atomic mass is 19.1. The van der Waals surface area contributed by atoms with E-state index in [0.29, 0.717) is 0 Å². The van der Waals surface area contributed by atoms with Crippen LogP contribution in [-0.4, -0.2) is 0 Å². The quantitative estimate of drug-likeness (QED) is 0.128. The number of hydrogen-bond acceptors (Lipinski definition) is 2. The largest absolute Gasteiger partial charge is 0.310 e. The predicted octanol–water partition coefficient (Wildman–Crippen LogP) is 17.9. The number of rotatable bonds is 11. The van der Waals surface area contributed by atoms with Gasteiger partial charge in [0.1, 0.15) is 11.6 Å². The van der Waals surface area contributed by atoms with Gasteiger partial charge in [-0.2, -0.15) is 0 Å². The smallest absolute Gasteiger partial charge is 0.123 e. The number of benzene rings is 9. The minimum Gasteiger partial charge on any atom is -0.310 e. The van der Waals surface area contributed by atoms with Gasteiger partial charge in [-0.05, 0) is 178 Å². The molecule has 4 heteroatoms. The summed E-state index contributed by atoms with van der Waals surface area (Å²) in [4.78, 5) is 4.53. The van der Waals surface area contributed by atoms with Gasteiger partial charge in [0.05, 0.1) is 5.69 Å². The lowest BCUT2D eigenvalue weighted by Crippen LogP contribution is -2.23. The summed E-state index contributed by atoms with van der Waals surface area (Å²) in [6.07, 6.45) is 3.98. The second-order valence-electron chi connectivity index (χ2n) is 18.0. The molecular formula is C62H52F2N2. The Morgan fingerprint density at radius 2 is 0.712 bits per heavy atom. The average Bonchev–Trinajstić information content (AvgIpc) is 3.82. The SMILES string of the molecule is CCC1(CC)c2ccccc2-c2ccc(N(c3ccc(F)cc3)c3ccc(-c4ccc(N(c5ccc(F)cc5)c5ccc6c(c5)C(CC)(CC)c5ccccc5-6)c5ccccc45)cc3)cc21. The van der Waals surface area contributed by atoms with E-state index in [1.807, 2.05) is 24.3 Å². The summed E-state index contributed by atoms with van der Waals surface area (Å²) in [5.41, 5.74) is 18.5. The Hall–Kier alpha value is -7.30. The molecule has 0 spiro atoms. The van der Waals surface area contributed by atoms with E-state index < -0.39 is 0 Å². The molecule has 0 N–H and O–H groups in total. The van der Waals surface area contributed by atoms with Gasteiger partial charge in [-0.25, -0.2) is 8.78 Å². The van der Waals surface area contributed by atoms with Crippen LogP contribution in [0.15, 0.2) is 194 Å². The Kier molecular flexibility index (Phi) is 10.2. The van der Waals surface area contributed by atoms with Crippen molar-refractivity contribution in [3.05, 3.63) is 228 Å². The molecule has 0 fully saturated rings. The highest BCUT2D eigenvalue weighted by Crippen LogP contribution is 2.56. The number of hydrogen-bond donors (Lipinski definition) is 0. The summed E-state index contributed by atoms with van der Waals surface area (Å²) in [5.74, 6) is -0.531. The molecule has 2 nitrogen and oxygen atoms in total. The van der Waals surface area contributed by atoms with Gasteiger partial charge in [0.2, 0.25) is 0 Å². The molecule has 0 radical (unpaired) electrons. The predicted molar refractivity (Wildman–Crippen MR) is 272 cm³/mol. The first-order chi connectivity index (χ1) is 32.3. The zero-order chi connectivity index (χ0) is 45.2. The van der Waals surface area contributed by atoms with E-state index in [1.54, 1.807) is 12.1 Å². The van der Waals surface area contributed by atoms with E-state index in [0.717, 1.165) is 81.7 Å². The fourth-order valence-electron chi connectivity index (χ4n) is 11.8. The lowest BCUT2D eigenvalue weighted by Gasteiger charge is -2.32. The van der Waals surface area contributed by atoms with Crippen LogP contribution in [0.3, 0.4) is 0 Å². The molecule has 0 bridgehead atoms. The first-order valence-corrected chi connectivity index (χ1v) is 23.5. The van der Waals surface area contributed by atoms with Gasteiger partial charge in [-0.15, -0.1) is 0 Å². The van der Waals surface area contributed by atoms with Crippen LogP contribution in [-0.2, 0) is 10.8 Å². The fourth-order valence-corrected chi connectivity index (χ4v) is 11.8. The topological polar surface area (TPSA) is 6.48 Å². The summed E-state index contributed by atoms with van der Waals surface area (Å²) in [5, 5.41) is 2.20. The van der Waals surface area contributed by atoms with Crippen molar-refractivity contribution in [2.75, 3.05) is 9.80 Å². The summed E-state index contributed by atoms with van der Waals surface area (Å²) in [6, 6.07) is 66.9. The summed E-state index contributed by atoms with van der Waals surface area (Å²) >= 11 is 0. The molecule has 0 atom stereocenters. The van der Waals surface area contributed by atoms with E-state index >= 15 is 0 Å². The maximum absolute atomic E-state index is 14.6. The van der Waals surface area contributed by atoms with Crippen molar-refractivity contribution < 1.29 is 8.78 Å². The van der Waals surface area contributed by atoms with Gasteiger partial charge in [-0.1, -0.05) is 131 Å². The Labute approximate surface area is 387 Å². The number of nitrogens with zero attached hydrogens (tertiary/aromatic N) is 2. The van der Waals surface area contributed by atoms with Crippen molar-refractivity contribution in [3.63, 3.8) is 0 Å². The Balaban J connectivity index is 1.01. The van der Waals surface area contributed by atoms with Crippen LogP contribution in [0, 0.1) is 11.6 Å². The fraction of sp³-hybridized carbons (Fsp3) is 0.161. The van der Waals surface area contributed by atoms with Gasteiger partial charge in [-0.3, -0.25) is 0 Å². The third-order valence-corrected chi connectivity index (χ3v) is 15.2. The molecule has 2 aliphatic carbocycles. The zero-order valence-corrected chi connectivity index (χ0v) is 38.0. The van der Waals surface area contributed by atoms with Gasteiger partial charge in [0, 0.05) is 44.7 Å². The van der Waals surface area contributed by atoms with E-state index in [-0.39, 0.29) is 22.5 Å². The molecule has 0 saturated carbocycles. The number of anilines is 6. The van der Waals surface area contributed by atoms with Gasteiger partial charge in [0.25, 0.3) is 0 Å². The van der Waals surface area contributed by atoms with E-state index in [9.17, 15) is 8.78 Å². The second-order valence-corrected chi connectivity index (χ2v) is 18.0. The molecule has 66 heavy (non-hydrogen) atoms. The summed E-state index contributed by atoms with van der Waals surface area (Å²) in [7, 11) is 0. The number of fused-ring (bicyclic) bond motifs is 7. The maximum atomic E-state index is 14.6. The van der Waals surface area contributed by atoms with E-state index in [4.69, 9.17) is 0 Å². The molecular weight excluding hydrogens is 811 g/mol. The molecule has 0 unspecified atom stereocenters. The second kappa shape index (κ2) is 16.3. The van der Waals surface area contributed by atoms with Crippen LogP contribution in [0.1, 0.15) is 75.6 Å². The van der Waals surface area contributed by atoms with Gasteiger partial charge >= 0.3 is 0 Å².